The maximum Gasteiger partial charge on any atom is 0.328 e. The van der Waals surface area contributed by atoms with Crippen LogP contribution in [0.4, 0.5) is 0 Å². The molecule has 1 N–H and O–H groups in total. The van der Waals surface area contributed by atoms with E-state index in [-0.39, 0.29) is 0 Å². The van der Waals surface area contributed by atoms with Gasteiger partial charge in [0.1, 0.15) is 5.82 Å². The number of aliphatic carboxylic acids is 1. The molecule has 1 aromatic rings. The minimum absolute atomic E-state index is 0.474. The first-order valence-electron chi connectivity index (χ1n) is 6.99. The monoisotopic (exact) mass is 265 g/mol. The largest absolute Gasteiger partial charge is 0.480 e. The Labute approximate surface area is 111 Å². The van der Waals surface area contributed by atoms with Crippen LogP contribution in [0.25, 0.3) is 0 Å². The van der Waals surface area contributed by atoms with Gasteiger partial charge in [0.15, 0.2) is 11.9 Å². The van der Waals surface area contributed by atoms with E-state index in [2.05, 4.69) is 10.1 Å². The molecule has 3 rings (SSSR count). The lowest BCUT2D eigenvalue weighted by Crippen LogP contribution is -2.26. The van der Waals surface area contributed by atoms with Crippen LogP contribution in [-0.4, -0.2) is 39.1 Å². The van der Waals surface area contributed by atoms with Crippen molar-refractivity contribution >= 4 is 5.97 Å². The number of hydrogen-bond donors (Lipinski definition) is 1. The zero-order chi connectivity index (χ0) is 13.2. The Morgan fingerprint density at radius 1 is 1.42 bits per heavy atom. The number of carboxylic acids is 1. The van der Waals surface area contributed by atoms with E-state index in [4.69, 9.17) is 4.74 Å². The highest BCUT2D eigenvalue weighted by Crippen LogP contribution is 2.24. The fourth-order valence-electron chi connectivity index (χ4n) is 2.94. The van der Waals surface area contributed by atoms with Gasteiger partial charge in [-0.3, -0.25) is 0 Å². The predicted octanol–water partition coefficient (Wildman–Crippen LogP) is 1.21. The van der Waals surface area contributed by atoms with Crippen molar-refractivity contribution in [3.8, 4) is 0 Å². The Morgan fingerprint density at radius 3 is 3.05 bits per heavy atom. The van der Waals surface area contributed by atoms with E-state index < -0.39 is 12.0 Å². The average Bonchev–Trinajstić information content (AvgIpc) is 2.81. The van der Waals surface area contributed by atoms with Gasteiger partial charge in [0.25, 0.3) is 0 Å². The van der Waals surface area contributed by atoms with Crippen molar-refractivity contribution in [1.82, 2.24) is 14.8 Å². The zero-order valence-corrected chi connectivity index (χ0v) is 10.9. The van der Waals surface area contributed by atoms with E-state index in [1.807, 2.05) is 0 Å². The van der Waals surface area contributed by atoms with Crippen LogP contribution in [0.3, 0.4) is 0 Å². The van der Waals surface area contributed by atoms with Crippen LogP contribution in [0.2, 0.25) is 0 Å². The van der Waals surface area contributed by atoms with Gasteiger partial charge in [-0.15, -0.1) is 0 Å². The van der Waals surface area contributed by atoms with Gasteiger partial charge >= 0.3 is 5.97 Å². The quantitative estimate of drug-likeness (QED) is 0.888. The molecule has 3 heterocycles. The van der Waals surface area contributed by atoms with E-state index in [1.54, 1.807) is 4.68 Å². The Bertz CT molecular complexity index is 466. The molecule has 0 amide bonds. The van der Waals surface area contributed by atoms with Crippen LogP contribution in [0.1, 0.15) is 43.4 Å². The molecule has 1 aromatic heterocycles. The molecule has 0 bridgehead atoms. The lowest BCUT2D eigenvalue weighted by molar-refractivity contribution is -0.141. The standard InChI is InChI=1S/C13H19N3O3/c17-13(18)10-4-1-5-12-14-11(15-16(10)12)7-9-3-2-6-19-8-9/h9-10H,1-8H2,(H,17,18). The molecule has 19 heavy (non-hydrogen) atoms. The zero-order valence-electron chi connectivity index (χ0n) is 10.9. The summed E-state index contributed by atoms with van der Waals surface area (Å²) in [5, 5.41) is 13.6. The maximum absolute atomic E-state index is 11.2. The first kappa shape index (κ1) is 12.6. The summed E-state index contributed by atoms with van der Waals surface area (Å²) in [5.74, 6) is 1.27. The Balaban J connectivity index is 1.75. The highest BCUT2D eigenvalue weighted by molar-refractivity contribution is 5.71. The summed E-state index contributed by atoms with van der Waals surface area (Å²) >= 11 is 0. The van der Waals surface area contributed by atoms with Crippen molar-refractivity contribution in [2.45, 2.75) is 44.6 Å². The lowest BCUT2D eigenvalue weighted by atomic mass is 9.98. The van der Waals surface area contributed by atoms with Gasteiger partial charge < -0.3 is 9.84 Å². The molecular weight excluding hydrogens is 246 g/mol. The molecule has 2 aliphatic rings. The van der Waals surface area contributed by atoms with Crippen molar-refractivity contribution in [2.24, 2.45) is 5.92 Å². The molecule has 0 radical (unpaired) electrons. The van der Waals surface area contributed by atoms with Crippen LogP contribution >= 0.6 is 0 Å². The van der Waals surface area contributed by atoms with E-state index in [0.29, 0.717) is 12.3 Å². The molecule has 0 spiro atoms. The van der Waals surface area contributed by atoms with Crippen molar-refractivity contribution in [3.05, 3.63) is 11.6 Å². The van der Waals surface area contributed by atoms with Gasteiger partial charge in [-0.1, -0.05) is 0 Å². The van der Waals surface area contributed by atoms with E-state index >= 15 is 0 Å². The van der Waals surface area contributed by atoms with Crippen molar-refractivity contribution in [3.63, 3.8) is 0 Å². The Kier molecular flexibility index (Phi) is 3.50. The molecular formula is C13H19N3O3. The van der Waals surface area contributed by atoms with Crippen LogP contribution in [0, 0.1) is 5.92 Å². The Hall–Kier alpha value is -1.43. The predicted molar refractivity (Wildman–Crippen MR) is 66.9 cm³/mol. The third kappa shape index (κ3) is 2.63. The summed E-state index contributed by atoms with van der Waals surface area (Å²) < 4.78 is 7.08. The minimum atomic E-state index is -0.807. The second-order valence-electron chi connectivity index (χ2n) is 5.42. The fraction of sp³-hybridized carbons (Fsp3) is 0.769. The highest BCUT2D eigenvalue weighted by atomic mass is 16.5. The van der Waals surface area contributed by atoms with Gasteiger partial charge in [-0.25, -0.2) is 14.5 Å². The van der Waals surface area contributed by atoms with Crippen molar-refractivity contribution < 1.29 is 14.6 Å². The van der Waals surface area contributed by atoms with E-state index in [0.717, 1.165) is 57.0 Å². The number of carbonyl (C=O) groups is 1. The molecule has 0 saturated carbocycles. The second-order valence-corrected chi connectivity index (χ2v) is 5.42. The number of nitrogens with zero attached hydrogens (tertiary/aromatic N) is 3. The van der Waals surface area contributed by atoms with Crippen LogP contribution in [0.15, 0.2) is 0 Å². The first-order valence-corrected chi connectivity index (χ1v) is 6.99. The minimum Gasteiger partial charge on any atom is -0.480 e. The number of aryl methyl sites for hydroxylation is 1. The summed E-state index contributed by atoms with van der Waals surface area (Å²) in [6.45, 7) is 1.62. The molecule has 2 atom stereocenters. The van der Waals surface area contributed by atoms with Gasteiger partial charge in [0, 0.05) is 26.1 Å². The number of carboxylic acid groups (broad SMARTS) is 1. The van der Waals surface area contributed by atoms with Crippen LogP contribution in [-0.2, 0) is 22.4 Å². The van der Waals surface area contributed by atoms with Gasteiger partial charge in [0.05, 0.1) is 0 Å². The van der Waals surface area contributed by atoms with Gasteiger partial charge in [-0.2, -0.15) is 5.10 Å². The molecule has 0 aromatic carbocycles. The molecule has 2 aliphatic heterocycles. The van der Waals surface area contributed by atoms with Gasteiger partial charge in [0.2, 0.25) is 0 Å². The van der Waals surface area contributed by atoms with Crippen molar-refractivity contribution in [1.29, 1.82) is 0 Å². The summed E-state index contributed by atoms with van der Waals surface area (Å²) in [6, 6.07) is -0.535. The van der Waals surface area contributed by atoms with Crippen LogP contribution in [0.5, 0.6) is 0 Å². The molecule has 0 aliphatic carbocycles. The summed E-state index contributed by atoms with van der Waals surface area (Å²) in [6.07, 6.45) is 5.39. The number of rotatable bonds is 3. The molecule has 6 nitrogen and oxygen atoms in total. The second kappa shape index (κ2) is 5.28. The maximum atomic E-state index is 11.2. The molecule has 6 heteroatoms. The number of fused-ring (bicyclic) bond motifs is 1. The molecule has 104 valence electrons. The first-order chi connectivity index (χ1) is 9.24. The van der Waals surface area contributed by atoms with E-state index in [1.165, 1.54) is 0 Å². The summed E-state index contributed by atoms with van der Waals surface area (Å²) in [5.41, 5.74) is 0. The SMILES string of the molecule is O=C(O)C1CCCc2nc(CC3CCCOC3)nn21. The third-order valence-corrected chi connectivity index (χ3v) is 3.93. The molecule has 2 unspecified atom stereocenters. The van der Waals surface area contributed by atoms with Crippen molar-refractivity contribution in [2.75, 3.05) is 13.2 Å². The fourth-order valence-corrected chi connectivity index (χ4v) is 2.94. The Morgan fingerprint density at radius 2 is 2.32 bits per heavy atom. The number of hydrogen-bond acceptors (Lipinski definition) is 4. The average molecular weight is 265 g/mol. The number of ether oxygens (including phenoxy) is 1. The molecule has 1 saturated heterocycles. The van der Waals surface area contributed by atoms with Crippen LogP contribution < -0.4 is 0 Å². The smallest absolute Gasteiger partial charge is 0.328 e. The lowest BCUT2D eigenvalue weighted by Gasteiger charge is -2.20. The summed E-state index contributed by atoms with van der Waals surface area (Å²) in [7, 11) is 0. The van der Waals surface area contributed by atoms with Gasteiger partial charge in [-0.05, 0) is 31.6 Å². The third-order valence-electron chi connectivity index (χ3n) is 3.93. The number of aromatic nitrogens is 3. The normalized spacial score (nSPS) is 26.9. The summed E-state index contributed by atoms with van der Waals surface area (Å²) in [4.78, 5) is 15.7. The topological polar surface area (TPSA) is 77.2 Å². The van der Waals surface area contributed by atoms with E-state index in [9.17, 15) is 9.90 Å². The molecule has 1 fully saturated rings. The highest BCUT2D eigenvalue weighted by Gasteiger charge is 2.29.